The van der Waals surface area contributed by atoms with E-state index in [0.717, 1.165) is 4.90 Å². The molecule has 3 aliphatic rings. The number of methoxy groups -OCH3 is 1. The van der Waals surface area contributed by atoms with Gasteiger partial charge in [0.1, 0.15) is 5.75 Å². The van der Waals surface area contributed by atoms with E-state index in [1.165, 1.54) is 25.3 Å². The number of ether oxygens (including phenoxy) is 2. The van der Waals surface area contributed by atoms with Gasteiger partial charge in [-0.05, 0) is 19.9 Å². The van der Waals surface area contributed by atoms with E-state index in [2.05, 4.69) is 0 Å². The fourth-order valence-electron chi connectivity index (χ4n) is 4.23. The number of hydrogen-bond donors (Lipinski definition) is 0. The van der Waals surface area contributed by atoms with Crippen LogP contribution in [0.15, 0.2) is 30.4 Å². The molecule has 0 saturated carbocycles. The van der Waals surface area contributed by atoms with Crippen molar-refractivity contribution in [3.05, 3.63) is 40.5 Å². The van der Waals surface area contributed by atoms with Gasteiger partial charge >= 0.3 is 0 Å². The number of benzene rings is 1. The Balaban J connectivity index is 1.80. The normalized spacial score (nSPS) is 35.4. The maximum Gasteiger partial charge on any atom is 0.273 e. The zero-order valence-electron chi connectivity index (χ0n) is 13.9. The van der Waals surface area contributed by atoms with Gasteiger partial charge in [0.05, 0.1) is 46.8 Å². The highest BCUT2D eigenvalue weighted by atomic mass is 16.6. The third-order valence-corrected chi connectivity index (χ3v) is 5.34. The highest BCUT2D eigenvalue weighted by Crippen LogP contribution is 2.58. The van der Waals surface area contributed by atoms with Crippen LogP contribution in [0.25, 0.3) is 0 Å². The summed E-state index contributed by atoms with van der Waals surface area (Å²) in [6.45, 7) is 3.59. The van der Waals surface area contributed by atoms with E-state index in [0.29, 0.717) is 0 Å². The number of nitro groups is 1. The van der Waals surface area contributed by atoms with E-state index < -0.39 is 28.0 Å². The molecule has 1 aromatic carbocycles. The molecule has 0 unspecified atom stereocenters. The Bertz CT molecular complexity index is 829. The maximum atomic E-state index is 13.0. The van der Waals surface area contributed by atoms with Crippen molar-refractivity contribution in [2.75, 3.05) is 12.0 Å². The Morgan fingerprint density at radius 2 is 1.72 bits per heavy atom. The van der Waals surface area contributed by atoms with Crippen molar-refractivity contribution in [3.8, 4) is 5.75 Å². The van der Waals surface area contributed by atoms with E-state index in [1.54, 1.807) is 13.8 Å². The van der Waals surface area contributed by atoms with Crippen molar-refractivity contribution in [2.24, 2.45) is 11.8 Å². The van der Waals surface area contributed by atoms with Crippen LogP contribution in [0.1, 0.15) is 13.8 Å². The third-order valence-electron chi connectivity index (χ3n) is 5.34. The van der Waals surface area contributed by atoms with Crippen molar-refractivity contribution in [1.29, 1.82) is 0 Å². The summed E-state index contributed by atoms with van der Waals surface area (Å²) < 4.78 is 11.1. The standard InChI is InChI=1S/C17H16N2O6/c1-16-6-7-17(2,25-16)13-12(16)14(20)18(15(13)21)10-5-4-9(19(22)23)8-11(10)24-3/h4-8,12-13H,1-3H3/t12-,13-,16-,17+/m1/s1. The van der Waals surface area contributed by atoms with Crippen molar-refractivity contribution in [2.45, 2.75) is 25.0 Å². The molecule has 8 heteroatoms. The number of nitro benzene ring substituents is 1. The fraction of sp³-hybridized carbons (Fsp3) is 0.412. The molecule has 8 nitrogen and oxygen atoms in total. The number of hydrogen-bond acceptors (Lipinski definition) is 6. The molecule has 0 radical (unpaired) electrons. The van der Waals surface area contributed by atoms with Crippen molar-refractivity contribution >= 4 is 23.2 Å². The Hall–Kier alpha value is -2.74. The Kier molecular flexibility index (Phi) is 2.94. The molecule has 1 aromatic rings. The highest BCUT2D eigenvalue weighted by Gasteiger charge is 2.70. The molecule has 2 saturated heterocycles. The molecule has 25 heavy (non-hydrogen) atoms. The summed E-state index contributed by atoms with van der Waals surface area (Å²) in [6.07, 6.45) is 3.66. The molecule has 0 N–H and O–H groups in total. The number of rotatable bonds is 3. The first-order valence-electron chi connectivity index (χ1n) is 7.83. The van der Waals surface area contributed by atoms with Gasteiger partial charge in [-0.1, -0.05) is 12.2 Å². The first-order chi connectivity index (χ1) is 11.7. The molecule has 130 valence electrons. The number of fused-ring (bicyclic) bond motifs is 5. The molecule has 0 aromatic heterocycles. The third kappa shape index (κ3) is 1.85. The van der Waals surface area contributed by atoms with Gasteiger partial charge in [0.2, 0.25) is 11.8 Å². The van der Waals surface area contributed by atoms with Crippen LogP contribution >= 0.6 is 0 Å². The van der Waals surface area contributed by atoms with Crippen molar-refractivity contribution < 1.29 is 24.0 Å². The lowest BCUT2D eigenvalue weighted by Gasteiger charge is -2.26. The smallest absolute Gasteiger partial charge is 0.273 e. The van der Waals surface area contributed by atoms with Crippen LogP contribution in [-0.2, 0) is 14.3 Å². The van der Waals surface area contributed by atoms with E-state index in [-0.39, 0.29) is 28.9 Å². The van der Waals surface area contributed by atoms with Gasteiger partial charge in [0.25, 0.3) is 5.69 Å². The van der Waals surface area contributed by atoms with Crippen LogP contribution in [0.2, 0.25) is 0 Å². The second-order valence-electron chi connectivity index (χ2n) is 6.88. The first-order valence-corrected chi connectivity index (χ1v) is 7.83. The van der Waals surface area contributed by atoms with Gasteiger partial charge in [0, 0.05) is 6.07 Å². The number of carbonyl (C=O) groups is 2. The summed E-state index contributed by atoms with van der Waals surface area (Å²) in [5, 5.41) is 10.9. The molecular formula is C17H16N2O6. The van der Waals surface area contributed by atoms with Gasteiger partial charge in [-0.25, -0.2) is 4.90 Å². The van der Waals surface area contributed by atoms with E-state index in [9.17, 15) is 19.7 Å². The van der Waals surface area contributed by atoms with Crippen LogP contribution in [0.5, 0.6) is 5.75 Å². The summed E-state index contributed by atoms with van der Waals surface area (Å²) in [6, 6.07) is 3.82. The Morgan fingerprint density at radius 1 is 1.16 bits per heavy atom. The van der Waals surface area contributed by atoms with Crippen molar-refractivity contribution in [1.82, 2.24) is 0 Å². The predicted molar refractivity (Wildman–Crippen MR) is 86.2 cm³/mol. The lowest BCUT2D eigenvalue weighted by molar-refractivity contribution is -0.384. The van der Waals surface area contributed by atoms with Gasteiger partial charge < -0.3 is 9.47 Å². The number of carbonyl (C=O) groups excluding carboxylic acids is 2. The van der Waals surface area contributed by atoms with Crippen LogP contribution in [0.4, 0.5) is 11.4 Å². The van der Waals surface area contributed by atoms with Crippen molar-refractivity contribution in [3.63, 3.8) is 0 Å². The van der Waals surface area contributed by atoms with E-state index in [4.69, 9.17) is 9.47 Å². The van der Waals surface area contributed by atoms with Gasteiger partial charge in [-0.15, -0.1) is 0 Å². The number of anilines is 1. The second kappa shape index (κ2) is 4.66. The first kappa shape index (κ1) is 15.8. The summed E-state index contributed by atoms with van der Waals surface area (Å²) in [5.74, 6) is -1.88. The summed E-state index contributed by atoms with van der Waals surface area (Å²) >= 11 is 0. The van der Waals surface area contributed by atoms with E-state index in [1.807, 2.05) is 12.2 Å². The summed E-state index contributed by atoms with van der Waals surface area (Å²) in [5.41, 5.74) is -1.61. The monoisotopic (exact) mass is 344 g/mol. The molecule has 4 atom stereocenters. The van der Waals surface area contributed by atoms with Crippen LogP contribution in [0.3, 0.4) is 0 Å². The molecule has 3 aliphatic heterocycles. The number of nitrogens with zero attached hydrogens (tertiary/aromatic N) is 2. The fourth-order valence-corrected chi connectivity index (χ4v) is 4.23. The van der Waals surface area contributed by atoms with Crippen LogP contribution in [0, 0.1) is 22.0 Å². The Morgan fingerprint density at radius 3 is 2.20 bits per heavy atom. The minimum Gasteiger partial charge on any atom is -0.494 e. The largest absolute Gasteiger partial charge is 0.494 e. The minimum atomic E-state index is -0.824. The van der Waals surface area contributed by atoms with Gasteiger partial charge in [-0.2, -0.15) is 0 Å². The van der Waals surface area contributed by atoms with E-state index >= 15 is 0 Å². The molecule has 2 bridgehead atoms. The average Bonchev–Trinajstić information content (AvgIpc) is 3.11. The van der Waals surface area contributed by atoms with Gasteiger partial charge in [-0.3, -0.25) is 19.7 Å². The quantitative estimate of drug-likeness (QED) is 0.359. The summed E-state index contributed by atoms with van der Waals surface area (Å²) in [7, 11) is 1.34. The summed E-state index contributed by atoms with van der Waals surface area (Å²) in [4.78, 5) is 37.5. The van der Waals surface area contributed by atoms with Crippen LogP contribution < -0.4 is 9.64 Å². The second-order valence-corrected chi connectivity index (χ2v) is 6.88. The molecule has 2 amide bonds. The molecule has 0 spiro atoms. The zero-order valence-corrected chi connectivity index (χ0v) is 13.9. The number of amides is 2. The number of imide groups is 1. The number of non-ortho nitro benzene ring substituents is 1. The molecular weight excluding hydrogens is 328 g/mol. The molecule has 2 fully saturated rings. The highest BCUT2D eigenvalue weighted by molar-refractivity contribution is 6.24. The van der Waals surface area contributed by atoms with Gasteiger partial charge in [0.15, 0.2) is 0 Å². The molecule has 4 rings (SSSR count). The molecule has 0 aliphatic carbocycles. The minimum absolute atomic E-state index is 0.104. The molecule has 3 heterocycles. The predicted octanol–water partition coefficient (Wildman–Crippen LogP) is 1.83. The topological polar surface area (TPSA) is 99.0 Å². The lowest BCUT2D eigenvalue weighted by atomic mass is 9.73. The maximum absolute atomic E-state index is 13.0. The van der Waals surface area contributed by atoms with Crippen LogP contribution in [-0.4, -0.2) is 35.0 Å². The SMILES string of the molecule is COc1cc([N+](=O)[O-])ccc1N1C(=O)[C@H]2[C@H](C1=O)[C@]1(C)C=C[C@@]2(C)O1. The average molecular weight is 344 g/mol. The zero-order chi connectivity index (χ0) is 18.1. The lowest BCUT2D eigenvalue weighted by Crippen LogP contribution is -2.39. The Labute approximate surface area is 143 Å².